The predicted octanol–water partition coefficient (Wildman–Crippen LogP) is 2.48. The van der Waals surface area contributed by atoms with Crippen molar-refractivity contribution >= 4 is 6.29 Å². The Kier molecular flexibility index (Phi) is 2.52. The fourth-order valence-corrected chi connectivity index (χ4v) is 3.23. The highest BCUT2D eigenvalue weighted by atomic mass is 16.1. The van der Waals surface area contributed by atoms with Gasteiger partial charge in [0.1, 0.15) is 6.29 Å². The Hall–Kier alpha value is -1.15. The molecule has 3 rings (SSSR count). The number of piperidine rings is 1. The van der Waals surface area contributed by atoms with Crippen molar-refractivity contribution in [3.8, 4) is 0 Å². The number of hydrogen-bond donors (Lipinski definition) is 0. The van der Waals surface area contributed by atoms with Gasteiger partial charge in [0.2, 0.25) is 0 Å². The highest BCUT2D eigenvalue weighted by Gasteiger charge is 2.37. The van der Waals surface area contributed by atoms with Crippen LogP contribution in [0.15, 0.2) is 24.3 Å². The van der Waals surface area contributed by atoms with E-state index in [-0.39, 0.29) is 0 Å². The van der Waals surface area contributed by atoms with Gasteiger partial charge in [-0.2, -0.15) is 0 Å². The molecule has 16 heavy (non-hydrogen) atoms. The molecule has 0 aromatic heterocycles. The van der Waals surface area contributed by atoms with Crippen LogP contribution in [0.25, 0.3) is 0 Å². The minimum atomic E-state index is 0.782. The normalized spacial score (nSPS) is 28.5. The smallest absolute Gasteiger partial charge is 0.150 e. The van der Waals surface area contributed by atoms with Gasteiger partial charge in [-0.05, 0) is 30.7 Å². The van der Waals surface area contributed by atoms with Crippen LogP contribution in [0, 0.1) is 5.92 Å². The summed E-state index contributed by atoms with van der Waals surface area (Å²) in [5.41, 5.74) is 2.04. The van der Waals surface area contributed by atoms with Gasteiger partial charge in [-0.15, -0.1) is 0 Å². The Balaban J connectivity index is 1.76. The molecule has 2 atom stereocenters. The third-order valence-corrected chi connectivity index (χ3v) is 4.08. The van der Waals surface area contributed by atoms with Crippen LogP contribution in [-0.2, 0) is 6.54 Å². The molecule has 0 amide bonds. The quantitative estimate of drug-likeness (QED) is 0.722. The van der Waals surface area contributed by atoms with Crippen molar-refractivity contribution < 1.29 is 4.79 Å². The van der Waals surface area contributed by atoms with Crippen molar-refractivity contribution in [1.29, 1.82) is 0 Å². The number of aldehydes is 1. The molecule has 2 bridgehead atoms. The summed E-state index contributed by atoms with van der Waals surface area (Å²) in [7, 11) is 0. The van der Waals surface area contributed by atoms with Gasteiger partial charge in [-0.1, -0.05) is 24.3 Å². The summed E-state index contributed by atoms with van der Waals surface area (Å²) in [6, 6.07) is 8.73. The largest absolute Gasteiger partial charge is 0.298 e. The standard InChI is InChI=1S/C14H17NO/c16-10-13-4-2-1-3-12(13)9-15-8-11-5-6-14(15)7-11/h1-4,10-11,14H,5-9H2. The maximum absolute atomic E-state index is 10.9. The van der Waals surface area contributed by atoms with Gasteiger partial charge in [0.15, 0.2) is 0 Å². The second kappa shape index (κ2) is 4.02. The van der Waals surface area contributed by atoms with Crippen molar-refractivity contribution in [1.82, 2.24) is 4.90 Å². The zero-order valence-corrected chi connectivity index (χ0v) is 9.43. The first-order valence-electron chi connectivity index (χ1n) is 6.14. The summed E-state index contributed by atoms with van der Waals surface area (Å²) in [6.45, 7) is 2.19. The van der Waals surface area contributed by atoms with E-state index in [9.17, 15) is 4.79 Å². The summed E-state index contributed by atoms with van der Waals surface area (Å²) < 4.78 is 0. The van der Waals surface area contributed by atoms with Crippen molar-refractivity contribution in [3.63, 3.8) is 0 Å². The first kappa shape index (κ1) is 10.0. The molecule has 1 aliphatic heterocycles. The van der Waals surface area contributed by atoms with E-state index in [1.54, 1.807) is 0 Å². The highest BCUT2D eigenvalue weighted by molar-refractivity contribution is 5.77. The van der Waals surface area contributed by atoms with Crippen LogP contribution in [-0.4, -0.2) is 23.8 Å². The molecule has 2 fully saturated rings. The fourth-order valence-electron chi connectivity index (χ4n) is 3.23. The molecule has 2 nitrogen and oxygen atoms in total. The highest BCUT2D eigenvalue weighted by Crippen LogP contribution is 2.38. The van der Waals surface area contributed by atoms with Gasteiger partial charge in [0.05, 0.1) is 0 Å². The molecule has 1 saturated carbocycles. The molecule has 1 heterocycles. The Morgan fingerprint density at radius 3 is 2.88 bits per heavy atom. The molecule has 0 N–H and O–H groups in total. The summed E-state index contributed by atoms with van der Waals surface area (Å²) in [6.07, 6.45) is 5.12. The molecule has 2 unspecified atom stereocenters. The van der Waals surface area contributed by atoms with Crippen molar-refractivity contribution in [2.45, 2.75) is 31.8 Å². The molecule has 2 heteroatoms. The van der Waals surface area contributed by atoms with Gasteiger partial charge in [-0.3, -0.25) is 9.69 Å². The molecule has 1 aliphatic carbocycles. The summed E-state index contributed by atoms with van der Waals surface area (Å²) in [5.74, 6) is 0.924. The Labute approximate surface area is 96.3 Å². The average Bonchev–Trinajstić information content (AvgIpc) is 2.92. The molecule has 0 spiro atoms. The number of carbonyl (C=O) groups excluding carboxylic acids is 1. The number of nitrogens with zero attached hydrogens (tertiary/aromatic N) is 1. The Morgan fingerprint density at radius 2 is 2.19 bits per heavy atom. The van der Waals surface area contributed by atoms with E-state index < -0.39 is 0 Å². The molecule has 1 aromatic carbocycles. The Morgan fingerprint density at radius 1 is 1.31 bits per heavy atom. The van der Waals surface area contributed by atoms with E-state index in [1.165, 1.54) is 31.4 Å². The first-order chi connectivity index (χ1) is 7.86. The minimum absolute atomic E-state index is 0.782. The van der Waals surface area contributed by atoms with E-state index >= 15 is 0 Å². The number of fused-ring (bicyclic) bond motifs is 2. The lowest BCUT2D eigenvalue weighted by Gasteiger charge is -2.27. The zero-order chi connectivity index (χ0) is 11.0. The SMILES string of the molecule is O=Cc1ccccc1CN1CC2CCC1C2. The van der Waals surface area contributed by atoms with Crippen molar-refractivity contribution in [2.75, 3.05) is 6.54 Å². The lowest BCUT2D eigenvalue weighted by Crippen LogP contribution is -2.31. The van der Waals surface area contributed by atoms with Gasteiger partial charge < -0.3 is 0 Å². The summed E-state index contributed by atoms with van der Waals surface area (Å²) in [5, 5.41) is 0. The number of likely N-dealkylation sites (tertiary alicyclic amines) is 1. The number of rotatable bonds is 3. The van der Waals surface area contributed by atoms with Crippen LogP contribution in [0.3, 0.4) is 0 Å². The molecule has 0 radical (unpaired) electrons. The Bertz CT molecular complexity index is 401. The van der Waals surface area contributed by atoms with Crippen LogP contribution in [0.2, 0.25) is 0 Å². The minimum Gasteiger partial charge on any atom is -0.298 e. The second-order valence-corrected chi connectivity index (χ2v) is 5.08. The van der Waals surface area contributed by atoms with Crippen LogP contribution >= 0.6 is 0 Å². The number of hydrogen-bond acceptors (Lipinski definition) is 2. The number of benzene rings is 1. The maximum atomic E-state index is 10.9. The number of carbonyl (C=O) groups is 1. The second-order valence-electron chi connectivity index (χ2n) is 5.08. The van der Waals surface area contributed by atoms with Crippen LogP contribution in [0.1, 0.15) is 35.2 Å². The summed E-state index contributed by atoms with van der Waals surface area (Å²) >= 11 is 0. The topological polar surface area (TPSA) is 20.3 Å². The van der Waals surface area contributed by atoms with Crippen LogP contribution in [0.4, 0.5) is 0 Å². The maximum Gasteiger partial charge on any atom is 0.150 e. The van der Waals surface area contributed by atoms with Crippen molar-refractivity contribution in [3.05, 3.63) is 35.4 Å². The third-order valence-electron chi connectivity index (χ3n) is 4.08. The fraction of sp³-hybridized carbons (Fsp3) is 0.500. The molecule has 1 aromatic rings. The predicted molar refractivity (Wildman–Crippen MR) is 63.4 cm³/mol. The molecular formula is C14H17NO. The van der Waals surface area contributed by atoms with Crippen LogP contribution in [0.5, 0.6) is 0 Å². The monoisotopic (exact) mass is 215 g/mol. The third kappa shape index (κ3) is 1.67. The van der Waals surface area contributed by atoms with Crippen LogP contribution < -0.4 is 0 Å². The average molecular weight is 215 g/mol. The lowest BCUT2D eigenvalue weighted by molar-refractivity contribution is 0.112. The first-order valence-corrected chi connectivity index (χ1v) is 6.14. The van der Waals surface area contributed by atoms with Gasteiger partial charge >= 0.3 is 0 Å². The van der Waals surface area contributed by atoms with Gasteiger partial charge in [-0.25, -0.2) is 0 Å². The summed E-state index contributed by atoms with van der Waals surface area (Å²) in [4.78, 5) is 13.5. The molecule has 84 valence electrons. The van der Waals surface area contributed by atoms with Crippen molar-refractivity contribution in [2.24, 2.45) is 5.92 Å². The van der Waals surface area contributed by atoms with E-state index in [4.69, 9.17) is 0 Å². The molecule has 2 aliphatic rings. The lowest BCUT2D eigenvalue weighted by atomic mass is 10.1. The van der Waals surface area contributed by atoms with E-state index in [1.807, 2.05) is 18.2 Å². The van der Waals surface area contributed by atoms with Gasteiger partial charge in [0, 0.05) is 24.7 Å². The van der Waals surface area contributed by atoms with E-state index in [0.29, 0.717) is 0 Å². The van der Waals surface area contributed by atoms with E-state index in [2.05, 4.69) is 11.0 Å². The van der Waals surface area contributed by atoms with Gasteiger partial charge in [0.25, 0.3) is 0 Å². The molecule has 1 saturated heterocycles. The zero-order valence-electron chi connectivity index (χ0n) is 9.43. The molecular weight excluding hydrogens is 198 g/mol. The van der Waals surface area contributed by atoms with E-state index in [0.717, 1.165) is 30.4 Å².